The lowest BCUT2D eigenvalue weighted by Gasteiger charge is -2.19. The van der Waals surface area contributed by atoms with Crippen LogP contribution in [0.1, 0.15) is 6.42 Å². The molecule has 0 unspecified atom stereocenters. The first kappa shape index (κ1) is 13.8. The minimum atomic E-state index is -0.328. The third kappa shape index (κ3) is 3.29. The zero-order chi connectivity index (χ0) is 14.7. The van der Waals surface area contributed by atoms with Crippen LogP contribution in [-0.4, -0.2) is 24.6 Å². The molecule has 1 saturated heterocycles. The predicted octanol–water partition coefficient (Wildman–Crippen LogP) is 3.30. The van der Waals surface area contributed by atoms with Crippen LogP contribution < -0.4 is 10.2 Å². The van der Waals surface area contributed by atoms with Crippen molar-refractivity contribution in [2.45, 2.75) is 6.42 Å². The molecule has 0 radical (unpaired) electrons. The second-order valence-corrected chi connectivity index (χ2v) is 5.31. The molecule has 1 N–H and O–H groups in total. The van der Waals surface area contributed by atoms with Crippen LogP contribution in [0.3, 0.4) is 0 Å². The van der Waals surface area contributed by atoms with Gasteiger partial charge in [0.1, 0.15) is 5.82 Å². The van der Waals surface area contributed by atoms with Crippen molar-refractivity contribution in [1.82, 2.24) is 4.98 Å². The Kier molecular flexibility index (Phi) is 3.99. The Morgan fingerprint density at radius 3 is 2.76 bits per heavy atom. The summed E-state index contributed by atoms with van der Waals surface area (Å²) in [5.41, 5.74) is 1.53. The molecule has 3 rings (SSSR count). The fourth-order valence-electron chi connectivity index (χ4n) is 2.66. The Hall–Kier alpha value is -2.17. The number of halogens is 2. The van der Waals surface area contributed by atoms with Crippen LogP contribution in [0.25, 0.3) is 0 Å². The van der Waals surface area contributed by atoms with E-state index in [2.05, 4.69) is 15.2 Å². The van der Waals surface area contributed by atoms with Crippen LogP contribution in [-0.2, 0) is 0 Å². The summed E-state index contributed by atoms with van der Waals surface area (Å²) in [4.78, 5) is 5.96. The van der Waals surface area contributed by atoms with Crippen molar-refractivity contribution in [2.75, 3.05) is 29.9 Å². The number of nitrogens with zero attached hydrogens (tertiary/aromatic N) is 2. The summed E-state index contributed by atoms with van der Waals surface area (Å²) in [6.07, 6.45) is 3.82. The van der Waals surface area contributed by atoms with Crippen molar-refractivity contribution in [3.63, 3.8) is 0 Å². The molecule has 1 aliphatic rings. The predicted molar refractivity (Wildman–Crippen MR) is 79.4 cm³/mol. The maximum absolute atomic E-state index is 13.5. The zero-order valence-corrected chi connectivity index (χ0v) is 11.6. The maximum atomic E-state index is 13.5. The summed E-state index contributed by atoms with van der Waals surface area (Å²) in [5, 5.41) is 3.13. The Bertz CT molecular complexity index is 601. The lowest BCUT2D eigenvalue weighted by atomic mass is 10.1. The Morgan fingerprint density at radius 2 is 2.00 bits per heavy atom. The van der Waals surface area contributed by atoms with E-state index in [1.54, 1.807) is 24.4 Å². The normalized spacial score (nSPS) is 18.0. The second kappa shape index (κ2) is 6.08. The van der Waals surface area contributed by atoms with Gasteiger partial charge in [-0.15, -0.1) is 0 Å². The van der Waals surface area contributed by atoms with E-state index in [4.69, 9.17) is 0 Å². The summed E-state index contributed by atoms with van der Waals surface area (Å²) in [5.74, 6) is -0.0992. The van der Waals surface area contributed by atoms with E-state index < -0.39 is 0 Å². The molecule has 5 heteroatoms. The molecule has 0 saturated carbocycles. The number of aromatic nitrogens is 1. The molecular formula is C16H17F2N3. The number of hydrogen-bond donors (Lipinski definition) is 1. The third-order valence-corrected chi connectivity index (χ3v) is 3.83. The standard InChI is InChI=1S/C16H17F2N3/c17-13-1-3-14(4-2-13)21-8-6-12(11-21)9-20-16-5-7-19-10-15(16)18/h1-5,7,10,12H,6,8-9,11H2,(H,19,20)/t12-/m0/s1. The highest BCUT2D eigenvalue weighted by Crippen LogP contribution is 2.24. The fourth-order valence-corrected chi connectivity index (χ4v) is 2.66. The molecule has 1 aromatic carbocycles. The van der Waals surface area contributed by atoms with Crippen LogP contribution in [0.15, 0.2) is 42.7 Å². The number of nitrogens with one attached hydrogen (secondary N) is 1. The molecule has 3 nitrogen and oxygen atoms in total. The molecule has 2 aromatic rings. The summed E-state index contributed by atoms with van der Waals surface area (Å²) in [6.45, 7) is 2.56. The maximum Gasteiger partial charge on any atom is 0.164 e. The highest BCUT2D eigenvalue weighted by molar-refractivity contribution is 5.47. The van der Waals surface area contributed by atoms with Gasteiger partial charge in [-0.1, -0.05) is 0 Å². The summed E-state index contributed by atoms with van der Waals surface area (Å²) in [6, 6.07) is 8.20. The first-order chi connectivity index (χ1) is 10.2. The van der Waals surface area contributed by atoms with E-state index in [1.807, 2.05) is 0 Å². The van der Waals surface area contributed by atoms with Gasteiger partial charge in [0.25, 0.3) is 0 Å². The van der Waals surface area contributed by atoms with Crippen LogP contribution in [0, 0.1) is 17.6 Å². The van der Waals surface area contributed by atoms with E-state index in [-0.39, 0.29) is 11.6 Å². The minimum Gasteiger partial charge on any atom is -0.382 e. The quantitative estimate of drug-likeness (QED) is 0.936. The molecule has 1 aromatic heterocycles. The molecule has 1 atom stereocenters. The van der Waals surface area contributed by atoms with Gasteiger partial charge in [-0.2, -0.15) is 0 Å². The van der Waals surface area contributed by atoms with Crippen molar-refractivity contribution in [1.29, 1.82) is 0 Å². The molecule has 0 amide bonds. The highest BCUT2D eigenvalue weighted by atomic mass is 19.1. The Labute approximate surface area is 122 Å². The summed E-state index contributed by atoms with van der Waals surface area (Å²) < 4.78 is 26.4. The van der Waals surface area contributed by atoms with Crippen LogP contribution >= 0.6 is 0 Å². The Morgan fingerprint density at radius 1 is 1.19 bits per heavy atom. The van der Waals surface area contributed by atoms with Crippen molar-refractivity contribution >= 4 is 11.4 Å². The van der Waals surface area contributed by atoms with Gasteiger partial charge in [0, 0.05) is 31.5 Å². The first-order valence-corrected chi connectivity index (χ1v) is 7.06. The number of pyridine rings is 1. The number of anilines is 2. The van der Waals surface area contributed by atoms with Gasteiger partial charge in [-0.3, -0.25) is 4.98 Å². The Balaban J connectivity index is 1.55. The van der Waals surface area contributed by atoms with Crippen LogP contribution in [0.4, 0.5) is 20.2 Å². The van der Waals surface area contributed by atoms with Gasteiger partial charge in [0.15, 0.2) is 5.82 Å². The van der Waals surface area contributed by atoms with E-state index in [9.17, 15) is 8.78 Å². The number of rotatable bonds is 4. The SMILES string of the molecule is Fc1ccc(N2CC[C@@H](CNc3ccncc3F)C2)cc1. The van der Waals surface area contributed by atoms with Gasteiger partial charge in [0.2, 0.25) is 0 Å². The summed E-state index contributed by atoms with van der Waals surface area (Å²) >= 11 is 0. The van der Waals surface area contributed by atoms with Gasteiger partial charge in [-0.25, -0.2) is 8.78 Å². The van der Waals surface area contributed by atoms with Crippen molar-refractivity contribution in [3.8, 4) is 0 Å². The molecule has 21 heavy (non-hydrogen) atoms. The van der Waals surface area contributed by atoms with Crippen molar-refractivity contribution in [3.05, 3.63) is 54.4 Å². The smallest absolute Gasteiger partial charge is 0.164 e. The van der Waals surface area contributed by atoms with Crippen molar-refractivity contribution < 1.29 is 8.78 Å². The van der Waals surface area contributed by atoms with E-state index >= 15 is 0 Å². The third-order valence-electron chi connectivity index (χ3n) is 3.83. The summed E-state index contributed by atoms with van der Waals surface area (Å²) in [7, 11) is 0. The number of benzene rings is 1. The van der Waals surface area contributed by atoms with E-state index in [0.29, 0.717) is 11.6 Å². The molecule has 2 heterocycles. The van der Waals surface area contributed by atoms with Gasteiger partial charge >= 0.3 is 0 Å². The molecule has 0 spiro atoms. The van der Waals surface area contributed by atoms with Gasteiger partial charge in [-0.05, 0) is 42.7 Å². The highest BCUT2D eigenvalue weighted by Gasteiger charge is 2.22. The fraction of sp³-hybridized carbons (Fsp3) is 0.312. The van der Waals surface area contributed by atoms with E-state index in [1.165, 1.54) is 18.3 Å². The molecular weight excluding hydrogens is 272 g/mol. The molecule has 110 valence electrons. The minimum absolute atomic E-state index is 0.218. The first-order valence-electron chi connectivity index (χ1n) is 7.06. The van der Waals surface area contributed by atoms with Crippen LogP contribution in [0.2, 0.25) is 0 Å². The van der Waals surface area contributed by atoms with E-state index in [0.717, 1.165) is 31.7 Å². The molecule has 1 aliphatic heterocycles. The lowest BCUT2D eigenvalue weighted by Crippen LogP contribution is -2.22. The topological polar surface area (TPSA) is 28.2 Å². The molecule has 0 aliphatic carbocycles. The zero-order valence-electron chi connectivity index (χ0n) is 11.6. The second-order valence-electron chi connectivity index (χ2n) is 5.31. The lowest BCUT2D eigenvalue weighted by molar-refractivity contribution is 0.603. The monoisotopic (exact) mass is 289 g/mol. The van der Waals surface area contributed by atoms with Crippen molar-refractivity contribution in [2.24, 2.45) is 5.92 Å². The number of hydrogen-bond acceptors (Lipinski definition) is 3. The average molecular weight is 289 g/mol. The molecule has 0 bridgehead atoms. The largest absolute Gasteiger partial charge is 0.382 e. The average Bonchev–Trinajstić information content (AvgIpc) is 2.96. The van der Waals surface area contributed by atoms with Gasteiger partial charge in [0.05, 0.1) is 11.9 Å². The van der Waals surface area contributed by atoms with Gasteiger partial charge < -0.3 is 10.2 Å². The van der Waals surface area contributed by atoms with Crippen LogP contribution in [0.5, 0.6) is 0 Å². The molecule has 1 fully saturated rings.